The van der Waals surface area contributed by atoms with Gasteiger partial charge in [-0.05, 0) is 24.3 Å². The van der Waals surface area contributed by atoms with Crippen LogP contribution in [0.3, 0.4) is 0 Å². The van der Waals surface area contributed by atoms with Gasteiger partial charge >= 0.3 is 5.97 Å². The van der Waals surface area contributed by atoms with Crippen LogP contribution >= 0.6 is 11.6 Å². The van der Waals surface area contributed by atoms with E-state index in [1.165, 1.54) is 12.1 Å². The van der Waals surface area contributed by atoms with Gasteiger partial charge in [0.2, 0.25) is 0 Å². The van der Waals surface area contributed by atoms with Crippen molar-refractivity contribution in [2.45, 2.75) is 6.42 Å². The fourth-order valence-electron chi connectivity index (χ4n) is 1.91. The summed E-state index contributed by atoms with van der Waals surface area (Å²) >= 11 is 5.77. The molecule has 0 aliphatic rings. The molecular weight excluding hydrogens is 292 g/mol. The van der Waals surface area contributed by atoms with E-state index in [0.29, 0.717) is 10.6 Å². The van der Waals surface area contributed by atoms with E-state index in [0.717, 1.165) is 0 Å². The maximum absolute atomic E-state index is 12.4. The highest BCUT2D eigenvalue weighted by atomic mass is 35.5. The van der Waals surface area contributed by atoms with Crippen molar-refractivity contribution in [3.8, 4) is 0 Å². The maximum atomic E-state index is 12.4. The number of Topliss-reactive ketones (excluding diaryl/α,β-unsaturated/α-hetero) is 1. The van der Waals surface area contributed by atoms with Crippen molar-refractivity contribution in [2.24, 2.45) is 0 Å². The molecule has 0 aliphatic carbocycles. The molecule has 106 valence electrons. The zero-order chi connectivity index (χ0) is 15.4. The van der Waals surface area contributed by atoms with Crippen LogP contribution in [0.1, 0.15) is 32.7 Å². The van der Waals surface area contributed by atoms with Crippen molar-refractivity contribution >= 4 is 29.1 Å². The number of aliphatic carboxylic acids is 1. The molecule has 21 heavy (non-hydrogen) atoms. The second kappa shape index (κ2) is 6.33. The van der Waals surface area contributed by atoms with Crippen LogP contribution in [0, 0.1) is 0 Å². The molecule has 2 aromatic rings. The van der Waals surface area contributed by atoms with Crippen molar-refractivity contribution in [3.05, 3.63) is 70.2 Å². The second-order valence-electron chi connectivity index (χ2n) is 4.38. The molecule has 0 amide bonds. The second-order valence-corrected chi connectivity index (χ2v) is 4.81. The average molecular weight is 303 g/mol. The number of rotatable bonds is 5. The van der Waals surface area contributed by atoms with Crippen molar-refractivity contribution < 1.29 is 19.5 Å². The topological polar surface area (TPSA) is 71.4 Å². The smallest absolute Gasteiger partial charge is 0.311 e. The first kappa shape index (κ1) is 14.9. The van der Waals surface area contributed by atoms with E-state index in [1.54, 1.807) is 36.4 Å². The molecule has 0 unspecified atom stereocenters. The number of carbonyl (C=O) groups excluding carboxylic acids is 2. The molecule has 0 heterocycles. The molecular formula is C16H11ClO4. The minimum Gasteiger partial charge on any atom is -0.481 e. The summed E-state index contributed by atoms with van der Waals surface area (Å²) in [5.74, 6) is -2.17. The van der Waals surface area contributed by atoms with Gasteiger partial charge in [0, 0.05) is 21.7 Å². The molecule has 0 radical (unpaired) electrons. The third-order valence-corrected chi connectivity index (χ3v) is 3.14. The van der Waals surface area contributed by atoms with Gasteiger partial charge in [-0.2, -0.15) is 0 Å². The van der Waals surface area contributed by atoms with Gasteiger partial charge in [0.25, 0.3) is 0 Å². The molecule has 0 saturated carbocycles. The number of hydrogen-bond donors (Lipinski definition) is 1. The Morgan fingerprint density at radius 2 is 1.48 bits per heavy atom. The lowest BCUT2D eigenvalue weighted by molar-refractivity contribution is -0.135. The lowest BCUT2D eigenvalue weighted by Crippen LogP contribution is -2.13. The maximum Gasteiger partial charge on any atom is 0.311 e. The van der Waals surface area contributed by atoms with Gasteiger partial charge < -0.3 is 5.11 Å². The minimum absolute atomic E-state index is 0.111. The molecule has 0 aliphatic heterocycles. The molecule has 0 spiro atoms. The fraction of sp³-hybridized carbons (Fsp3) is 0.0625. The third kappa shape index (κ3) is 3.55. The van der Waals surface area contributed by atoms with Crippen LogP contribution in [0.2, 0.25) is 5.02 Å². The summed E-state index contributed by atoms with van der Waals surface area (Å²) in [6.07, 6.45) is -0.648. The number of hydrogen-bond acceptors (Lipinski definition) is 3. The van der Waals surface area contributed by atoms with Gasteiger partial charge in [0.1, 0.15) is 6.42 Å². The van der Waals surface area contributed by atoms with E-state index in [4.69, 9.17) is 16.7 Å². The van der Waals surface area contributed by atoms with E-state index < -0.39 is 18.2 Å². The van der Waals surface area contributed by atoms with Crippen LogP contribution in [0.5, 0.6) is 0 Å². The molecule has 0 bridgehead atoms. The Hall–Kier alpha value is -2.46. The van der Waals surface area contributed by atoms with Crippen molar-refractivity contribution in [1.82, 2.24) is 0 Å². The molecule has 2 aromatic carbocycles. The Balaban J connectivity index is 2.40. The predicted octanol–water partition coefficient (Wildman–Crippen LogP) is 3.23. The summed E-state index contributed by atoms with van der Waals surface area (Å²) in [6, 6.07) is 12.5. The Morgan fingerprint density at radius 3 is 2.05 bits per heavy atom. The van der Waals surface area contributed by atoms with Crippen LogP contribution in [-0.4, -0.2) is 22.6 Å². The zero-order valence-corrected chi connectivity index (χ0v) is 11.6. The lowest BCUT2D eigenvalue weighted by atomic mass is 9.95. The summed E-state index contributed by atoms with van der Waals surface area (Å²) in [5, 5.41) is 9.20. The van der Waals surface area contributed by atoms with Gasteiger partial charge in [-0.25, -0.2) is 0 Å². The molecule has 2 rings (SSSR count). The summed E-state index contributed by atoms with van der Waals surface area (Å²) in [5.41, 5.74) is 0.681. The molecule has 0 aromatic heterocycles. The van der Waals surface area contributed by atoms with Crippen molar-refractivity contribution in [2.75, 3.05) is 0 Å². The normalized spacial score (nSPS) is 10.1. The molecule has 5 heteroatoms. The Labute approximate surface area is 126 Å². The van der Waals surface area contributed by atoms with Gasteiger partial charge in [-0.1, -0.05) is 35.9 Å². The van der Waals surface area contributed by atoms with Crippen molar-refractivity contribution in [3.63, 3.8) is 0 Å². The monoisotopic (exact) mass is 302 g/mol. The van der Waals surface area contributed by atoms with Crippen molar-refractivity contribution in [1.29, 1.82) is 0 Å². The van der Waals surface area contributed by atoms with Gasteiger partial charge in [-0.15, -0.1) is 0 Å². The highest BCUT2D eigenvalue weighted by Gasteiger charge is 2.19. The standard InChI is InChI=1S/C16H11ClO4/c17-11-7-5-10(6-8-11)16(21)13-4-2-1-3-12(13)14(18)9-15(19)20/h1-8H,9H2,(H,19,20). The number of carbonyl (C=O) groups is 3. The number of halogens is 1. The molecule has 0 fully saturated rings. The summed E-state index contributed by atoms with van der Waals surface area (Å²) in [6.45, 7) is 0. The van der Waals surface area contributed by atoms with E-state index in [-0.39, 0.29) is 16.9 Å². The van der Waals surface area contributed by atoms with Gasteiger partial charge in [0.15, 0.2) is 11.6 Å². The Morgan fingerprint density at radius 1 is 0.905 bits per heavy atom. The molecule has 4 nitrogen and oxygen atoms in total. The molecule has 0 atom stereocenters. The highest BCUT2D eigenvalue weighted by Crippen LogP contribution is 2.18. The van der Waals surface area contributed by atoms with E-state index in [1.807, 2.05) is 0 Å². The minimum atomic E-state index is -1.23. The predicted molar refractivity (Wildman–Crippen MR) is 77.9 cm³/mol. The Kier molecular flexibility index (Phi) is 4.50. The van der Waals surface area contributed by atoms with Gasteiger partial charge in [0.05, 0.1) is 0 Å². The van der Waals surface area contributed by atoms with Crippen LogP contribution in [0.25, 0.3) is 0 Å². The molecule has 1 N–H and O–H groups in total. The third-order valence-electron chi connectivity index (χ3n) is 2.89. The lowest BCUT2D eigenvalue weighted by Gasteiger charge is -2.07. The fourth-order valence-corrected chi connectivity index (χ4v) is 2.04. The quantitative estimate of drug-likeness (QED) is 0.680. The SMILES string of the molecule is O=C(O)CC(=O)c1ccccc1C(=O)c1ccc(Cl)cc1. The van der Waals surface area contributed by atoms with Crippen LogP contribution in [-0.2, 0) is 4.79 Å². The average Bonchev–Trinajstić information content (AvgIpc) is 2.46. The van der Waals surface area contributed by atoms with Gasteiger partial charge in [-0.3, -0.25) is 14.4 Å². The number of carboxylic acid groups (broad SMARTS) is 1. The zero-order valence-electron chi connectivity index (χ0n) is 10.9. The summed E-state index contributed by atoms with van der Waals surface area (Å²) in [7, 11) is 0. The van der Waals surface area contributed by atoms with E-state index in [9.17, 15) is 14.4 Å². The first-order chi connectivity index (χ1) is 9.99. The summed E-state index contributed by atoms with van der Waals surface area (Å²) < 4.78 is 0. The number of benzene rings is 2. The molecule has 0 saturated heterocycles. The highest BCUT2D eigenvalue weighted by molar-refractivity contribution is 6.30. The van der Waals surface area contributed by atoms with E-state index >= 15 is 0 Å². The number of ketones is 2. The van der Waals surface area contributed by atoms with E-state index in [2.05, 4.69) is 0 Å². The number of carboxylic acids is 1. The van der Waals surface area contributed by atoms with Crippen LogP contribution < -0.4 is 0 Å². The Bertz CT molecular complexity index is 704. The van der Waals surface area contributed by atoms with Crippen LogP contribution in [0.4, 0.5) is 0 Å². The summed E-state index contributed by atoms with van der Waals surface area (Å²) in [4.78, 5) is 35.0. The first-order valence-corrected chi connectivity index (χ1v) is 6.51. The van der Waals surface area contributed by atoms with Crippen LogP contribution in [0.15, 0.2) is 48.5 Å². The first-order valence-electron chi connectivity index (χ1n) is 6.13. The largest absolute Gasteiger partial charge is 0.481 e.